The maximum Gasteiger partial charge on any atom is 0.220 e. The Balaban J connectivity index is 2.88. The largest absolute Gasteiger partial charge is 0.368 e. The Bertz CT molecular complexity index is 428. The average molecular weight is 224 g/mol. The Labute approximate surface area is 77.8 Å². The molecule has 0 bridgehead atoms. The highest BCUT2D eigenvalue weighted by Crippen LogP contribution is 2.21. The van der Waals surface area contributed by atoms with E-state index in [1.54, 1.807) is 6.20 Å². The van der Waals surface area contributed by atoms with Gasteiger partial charge in [-0.2, -0.15) is 0 Å². The van der Waals surface area contributed by atoms with Gasteiger partial charge in [0.25, 0.3) is 0 Å². The number of benzene rings is 1. The minimum Gasteiger partial charge on any atom is -0.368 e. The highest BCUT2D eigenvalue weighted by atomic mass is 79.9. The number of hydrogen-bond acceptors (Lipinski definition) is 3. The van der Waals surface area contributed by atoms with Gasteiger partial charge in [0.05, 0.1) is 5.52 Å². The van der Waals surface area contributed by atoms with Crippen molar-refractivity contribution < 1.29 is 0 Å². The summed E-state index contributed by atoms with van der Waals surface area (Å²) in [6.07, 6.45) is 1.71. The topological polar surface area (TPSA) is 51.8 Å². The molecule has 0 atom stereocenters. The number of halogens is 1. The molecule has 0 aliphatic heterocycles. The van der Waals surface area contributed by atoms with E-state index in [1.165, 1.54) is 0 Å². The fourth-order valence-electron chi connectivity index (χ4n) is 1.03. The molecule has 0 spiro atoms. The number of nitrogens with zero attached hydrogens (tertiary/aromatic N) is 2. The molecule has 4 heteroatoms. The molecular formula is C8H6BrN3. The van der Waals surface area contributed by atoms with Crippen LogP contribution in [0.4, 0.5) is 5.95 Å². The number of hydrogen-bond donors (Lipinski definition) is 1. The van der Waals surface area contributed by atoms with E-state index in [2.05, 4.69) is 25.9 Å². The van der Waals surface area contributed by atoms with Crippen molar-refractivity contribution in [1.82, 2.24) is 9.97 Å². The van der Waals surface area contributed by atoms with Gasteiger partial charge in [0.2, 0.25) is 5.95 Å². The molecule has 0 amide bonds. The van der Waals surface area contributed by atoms with Crippen LogP contribution in [0.25, 0.3) is 10.9 Å². The molecule has 60 valence electrons. The van der Waals surface area contributed by atoms with E-state index < -0.39 is 0 Å². The molecule has 3 nitrogen and oxygen atoms in total. The smallest absolute Gasteiger partial charge is 0.220 e. The van der Waals surface area contributed by atoms with Gasteiger partial charge in [-0.15, -0.1) is 0 Å². The number of fused-ring (bicyclic) bond motifs is 1. The second-order valence-corrected chi connectivity index (χ2v) is 3.26. The Morgan fingerprint density at radius 2 is 2.17 bits per heavy atom. The fourth-order valence-corrected chi connectivity index (χ4v) is 1.50. The van der Waals surface area contributed by atoms with E-state index in [0.717, 1.165) is 15.4 Å². The molecule has 2 N–H and O–H groups in total. The second kappa shape index (κ2) is 2.71. The molecule has 1 aromatic carbocycles. The molecule has 1 heterocycles. The van der Waals surface area contributed by atoms with E-state index >= 15 is 0 Å². The molecule has 12 heavy (non-hydrogen) atoms. The van der Waals surface area contributed by atoms with Crippen LogP contribution in [0.5, 0.6) is 0 Å². The first-order valence-corrected chi connectivity index (χ1v) is 4.23. The lowest BCUT2D eigenvalue weighted by Crippen LogP contribution is -1.94. The lowest BCUT2D eigenvalue weighted by atomic mass is 10.2. The lowest BCUT2D eigenvalue weighted by Gasteiger charge is -1.98. The van der Waals surface area contributed by atoms with Crippen molar-refractivity contribution in [1.29, 1.82) is 0 Å². The van der Waals surface area contributed by atoms with Crippen molar-refractivity contribution in [2.24, 2.45) is 0 Å². The summed E-state index contributed by atoms with van der Waals surface area (Å²) in [4.78, 5) is 7.99. The Morgan fingerprint density at radius 3 is 3.00 bits per heavy atom. The van der Waals surface area contributed by atoms with Gasteiger partial charge in [-0.25, -0.2) is 9.97 Å². The van der Waals surface area contributed by atoms with Crippen molar-refractivity contribution in [3.05, 3.63) is 28.9 Å². The normalized spacial score (nSPS) is 10.4. The molecule has 0 radical (unpaired) electrons. The maximum atomic E-state index is 5.45. The first kappa shape index (κ1) is 7.49. The van der Waals surface area contributed by atoms with E-state index in [-0.39, 0.29) is 0 Å². The van der Waals surface area contributed by atoms with E-state index in [4.69, 9.17) is 5.73 Å². The van der Waals surface area contributed by atoms with Crippen LogP contribution in [-0.2, 0) is 0 Å². The van der Waals surface area contributed by atoms with Gasteiger partial charge >= 0.3 is 0 Å². The number of nitrogens with two attached hydrogens (primary N) is 1. The number of rotatable bonds is 0. The molecule has 0 unspecified atom stereocenters. The van der Waals surface area contributed by atoms with Crippen molar-refractivity contribution >= 4 is 32.8 Å². The van der Waals surface area contributed by atoms with Gasteiger partial charge in [-0.05, 0) is 22.0 Å². The summed E-state index contributed by atoms with van der Waals surface area (Å²) in [7, 11) is 0. The average Bonchev–Trinajstić information content (AvgIpc) is 2.07. The molecule has 2 aromatic rings. The highest BCUT2D eigenvalue weighted by Gasteiger charge is 1.99. The summed E-state index contributed by atoms with van der Waals surface area (Å²) in [5.74, 6) is 0.300. The maximum absolute atomic E-state index is 5.45. The zero-order chi connectivity index (χ0) is 8.55. The van der Waals surface area contributed by atoms with Crippen molar-refractivity contribution in [2.75, 3.05) is 5.73 Å². The first-order chi connectivity index (χ1) is 5.77. The minimum absolute atomic E-state index is 0.300. The lowest BCUT2D eigenvalue weighted by molar-refractivity contribution is 1.23. The number of nitrogen functional groups attached to an aromatic ring is 1. The van der Waals surface area contributed by atoms with Crippen LogP contribution in [-0.4, -0.2) is 9.97 Å². The molecular weight excluding hydrogens is 218 g/mol. The second-order valence-electron chi connectivity index (χ2n) is 2.41. The standard InChI is InChI=1S/C8H6BrN3/c9-6-3-1-2-5-4-11-8(10)12-7(5)6/h1-4H,(H2,10,11,12). The monoisotopic (exact) mass is 223 g/mol. The summed E-state index contributed by atoms with van der Waals surface area (Å²) >= 11 is 3.39. The van der Waals surface area contributed by atoms with E-state index in [1.807, 2.05) is 18.2 Å². The van der Waals surface area contributed by atoms with Crippen LogP contribution in [0.2, 0.25) is 0 Å². The number of para-hydroxylation sites is 1. The molecule has 0 fully saturated rings. The SMILES string of the molecule is Nc1ncc2cccc(Br)c2n1. The summed E-state index contributed by atoms with van der Waals surface area (Å²) in [5, 5.41) is 0.985. The number of aromatic nitrogens is 2. The van der Waals surface area contributed by atoms with Crippen LogP contribution in [0, 0.1) is 0 Å². The molecule has 1 aromatic heterocycles. The van der Waals surface area contributed by atoms with Crippen LogP contribution in [0.3, 0.4) is 0 Å². The fraction of sp³-hybridized carbons (Fsp3) is 0. The molecule has 2 rings (SSSR count). The minimum atomic E-state index is 0.300. The van der Waals surface area contributed by atoms with Crippen molar-refractivity contribution in [3.63, 3.8) is 0 Å². The zero-order valence-corrected chi connectivity index (χ0v) is 7.75. The van der Waals surface area contributed by atoms with Gasteiger partial charge in [0, 0.05) is 16.1 Å². The zero-order valence-electron chi connectivity index (χ0n) is 6.16. The molecule has 0 aliphatic rings. The third-order valence-corrected chi connectivity index (χ3v) is 2.22. The third kappa shape index (κ3) is 1.14. The quantitative estimate of drug-likeness (QED) is 0.744. The Kier molecular flexibility index (Phi) is 1.69. The van der Waals surface area contributed by atoms with Gasteiger partial charge in [0.1, 0.15) is 0 Å². The molecule has 0 saturated carbocycles. The predicted molar refractivity (Wildman–Crippen MR) is 51.7 cm³/mol. The summed E-state index contributed by atoms with van der Waals surface area (Å²) < 4.78 is 0.939. The van der Waals surface area contributed by atoms with Crippen LogP contribution in [0.1, 0.15) is 0 Å². The highest BCUT2D eigenvalue weighted by molar-refractivity contribution is 9.10. The van der Waals surface area contributed by atoms with E-state index in [9.17, 15) is 0 Å². The van der Waals surface area contributed by atoms with Gasteiger partial charge in [-0.3, -0.25) is 0 Å². The molecule has 0 aliphatic carbocycles. The Morgan fingerprint density at radius 1 is 1.33 bits per heavy atom. The van der Waals surface area contributed by atoms with Gasteiger partial charge < -0.3 is 5.73 Å². The third-order valence-electron chi connectivity index (χ3n) is 1.58. The number of anilines is 1. The predicted octanol–water partition coefficient (Wildman–Crippen LogP) is 1.97. The molecule has 0 saturated heterocycles. The summed E-state index contributed by atoms with van der Waals surface area (Å²) in [6.45, 7) is 0. The van der Waals surface area contributed by atoms with Crippen molar-refractivity contribution in [2.45, 2.75) is 0 Å². The van der Waals surface area contributed by atoms with Crippen molar-refractivity contribution in [3.8, 4) is 0 Å². The first-order valence-electron chi connectivity index (χ1n) is 3.44. The van der Waals surface area contributed by atoms with Crippen LogP contribution in [0.15, 0.2) is 28.9 Å². The van der Waals surface area contributed by atoms with Crippen LogP contribution < -0.4 is 5.73 Å². The summed E-state index contributed by atoms with van der Waals surface area (Å²) in [6, 6.07) is 5.81. The van der Waals surface area contributed by atoms with Crippen LogP contribution >= 0.6 is 15.9 Å². The van der Waals surface area contributed by atoms with Gasteiger partial charge in [-0.1, -0.05) is 12.1 Å². The summed E-state index contributed by atoms with van der Waals surface area (Å²) in [5.41, 5.74) is 6.30. The Hall–Kier alpha value is -1.16. The van der Waals surface area contributed by atoms with Gasteiger partial charge in [0.15, 0.2) is 0 Å². The van der Waals surface area contributed by atoms with E-state index in [0.29, 0.717) is 5.95 Å².